The summed E-state index contributed by atoms with van der Waals surface area (Å²) >= 11 is 0. The fraction of sp³-hybridized carbons (Fsp3) is 0.625. The van der Waals surface area contributed by atoms with E-state index in [4.69, 9.17) is 5.73 Å². The highest BCUT2D eigenvalue weighted by Gasteiger charge is 2.20. The number of anilines is 1. The van der Waals surface area contributed by atoms with Gasteiger partial charge in [0.1, 0.15) is 0 Å². The molecular formula is C16H27N3O. The van der Waals surface area contributed by atoms with E-state index < -0.39 is 0 Å². The van der Waals surface area contributed by atoms with E-state index in [1.165, 1.54) is 16.8 Å². The molecule has 0 bridgehead atoms. The Hall–Kier alpha value is -1.10. The Labute approximate surface area is 122 Å². The fourth-order valence-electron chi connectivity index (χ4n) is 2.83. The smallest absolute Gasteiger partial charge is 0.0679 e. The van der Waals surface area contributed by atoms with Gasteiger partial charge in [-0.15, -0.1) is 0 Å². The first kappa shape index (κ1) is 15.3. The third-order valence-corrected chi connectivity index (χ3v) is 4.26. The molecule has 0 radical (unpaired) electrons. The molecule has 0 aromatic heterocycles. The van der Waals surface area contributed by atoms with Gasteiger partial charge in [-0.3, -0.25) is 4.90 Å². The maximum Gasteiger partial charge on any atom is 0.0679 e. The molecule has 1 saturated heterocycles. The number of nitrogens with two attached hydrogens (primary N) is 1. The van der Waals surface area contributed by atoms with Crippen LogP contribution in [0.4, 0.5) is 5.69 Å². The number of nitrogens with zero attached hydrogens (tertiary/aromatic N) is 2. The molecule has 2 rings (SSSR count). The van der Waals surface area contributed by atoms with Crippen LogP contribution in [-0.4, -0.2) is 55.4 Å². The number of hydrogen-bond acceptors (Lipinski definition) is 4. The molecule has 4 heteroatoms. The average molecular weight is 277 g/mol. The highest BCUT2D eigenvalue weighted by atomic mass is 16.3. The van der Waals surface area contributed by atoms with Gasteiger partial charge in [0.2, 0.25) is 0 Å². The number of aryl methyl sites for hydroxylation is 1. The van der Waals surface area contributed by atoms with Gasteiger partial charge >= 0.3 is 0 Å². The quantitative estimate of drug-likeness (QED) is 0.847. The summed E-state index contributed by atoms with van der Waals surface area (Å²) in [6, 6.07) is 6.51. The minimum Gasteiger partial charge on any atom is -0.392 e. The number of benzene rings is 1. The molecule has 3 N–H and O–H groups in total. The molecule has 1 heterocycles. The standard InChI is InChI=1S/C16H27N3O/c1-13-4-3-5-16(14(13)2)19-10-8-18(9-11-19)12-15(20)6-7-17/h3-5,15,20H,6-12,17H2,1-2H3. The second-order valence-electron chi connectivity index (χ2n) is 5.74. The summed E-state index contributed by atoms with van der Waals surface area (Å²) in [6.45, 7) is 9.74. The number of aliphatic hydroxyl groups excluding tert-OH is 1. The predicted octanol–water partition coefficient (Wildman–Crippen LogP) is 1.14. The van der Waals surface area contributed by atoms with E-state index >= 15 is 0 Å². The minimum absolute atomic E-state index is 0.285. The number of piperazine rings is 1. The van der Waals surface area contributed by atoms with E-state index in [9.17, 15) is 5.11 Å². The molecule has 1 aromatic rings. The average Bonchev–Trinajstić information content (AvgIpc) is 2.43. The van der Waals surface area contributed by atoms with Crippen LogP contribution in [0.15, 0.2) is 18.2 Å². The third-order valence-electron chi connectivity index (χ3n) is 4.26. The maximum absolute atomic E-state index is 9.83. The van der Waals surface area contributed by atoms with Gasteiger partial charge in [-0.2, -0.15) is 0 Å². The molecule has 1 fully saturated rings. The lowest BCUT2D eigenvalue weighted by Crippen LogP contribution is -2.49. The summed E-state index contributed by atoms with van der Waals surface area (Å²) < 4.78 is 0. The summed E-state index contributed by atoms with van der Waals surface area (Å²) in [5.74, 6) is 0. The molecule has 1 atom stereocenters. The lowest BCUT2D eigenvalue weighted by atomic mass is 10.1. The second kappa shape index (κ2) is 7.07. The summed E-state index contributed by atoms with van der Waals surface area (Å²) in [6.07, 6.45) is 0.407. The van der Waals surface area contributed by atoms with Crippen molar-refractivity contribution in [3.8, 4) is 0 Å². The fourth-order valence-corrected chi connectivity index (χ4v) is 2.83. The van der Waals surface area contributed by atoms with Crippen molar-refractivity contribution in [2.45, 2.75) is 26.4 Å². The van der Waals surface area contributed by atoms with Crippen LogP contribution in [-0.2, 0) is 0 Å². The van der Waals surface area contributed by atoms with Crippen LogP contribution in [0.5, 0.6) is 0 Å². The third kappa shape index (κ3) is 3.72. The van der Waals surface area contributed by atoms with Crippen molar-refractivity contribution in [1.82, 2.24) is 4.90 Å². The molecule has 1 unspecified atom stereocenters. The van der Waals surface area contributed by atoms with Gasteiger partial charge in [0.15, 0.2) is 0 Å². The van der Waals surface area contributed by atoms with E-state index in [0.717, 1.165) is 32.7 Å². The van der Waals surface area contributed by atoms with Gasteiger partial charge in [0.25, 0.3) is 0 Å². The van der Waals surface area contributed by atoms with Crippen molar-refractivity contribution < 1.29 is 5.11 Å². The van der Waals surface area contributed by atoms with E-state index in [2.05, 4.69) is 41.8 Å². The highest BCUT2D eigenvalue weighted by molar-refractivity contribution is 5.56. The molecule has 20 heavy (non-hydrogen) atoms. The second-order valence-corrected chi connectivity index (χ2v) is 5.74. The van der Waals surface area contributed by atoms with Crippen LogP contribution < -0.4 is 10.6 Å². The Bertz CT molecular complexity index is 428. The van der Waals surface area contributed by atoms with Crippen molar-refractivity contribution >= 4 is 5.69 Å². The molecule has 0 spiro atoms. The molecule has 0 aliphatic carbocycles. The molecule has 1 aromatic carbocycles. The summed E-state index contributed by atoms with van der Waals surface area (Å²) in [5.41, 5.74) is 9.56. The molecule has 4 nitrogen and oxygen atoms in total. The largest absolute Gasteiger partial charge is 0.392 e. The number of hydrogen-bond donors (Lipinski definition) is 2. The zero-order chi connectivity index (χ0) is 14.5. The van der Waals surface area contributed by atoms with Crippen molar-refractivity contribution in [1.29, 1.82) is 0 Å². The Morgan fingerprint density at radius 2 is 1.90 bits per heavy atom. The van der Waals surface area contributed by atoms with Crippen molar-refractivity contribution in [2.24, 2.45) is 5.73 Å². The lowest BCUT2D eigenvalue weighted by molar-refractivity contribution is 0.104. The first-order valence-corrected chi connectivity index (χ1v) is 7.53. The first-order chi connectivity index (χ1) is 9.61. The Kier molecular flexibility index (Phi) is 5.40. The highest BCUT2D eigenvalue weighted by Crippen LogP contribution is 2.23. The van der Waals surface area contributed by atoms with Crippen molar-refractivity contribution in [3.63, 3.8) is 0 Å². The van der Waals surface area contributed by atoms with Crippen molar-refractivity contribution in [2.75, 3.05) is 44.2 Å². The Morgan fingerprint density at radius 1 is 1.20 bits per heavy atom. The van der Waals surface area contributed by atoms with Crippen LogP contribution in [0, 0.1) is 13.8 Å². The Morgan fingerprint density at radius 3 is 2.55 bits per heavy atom. The minimum atomic E-state index is -0.285. The van der Waals surface area contributed by atoms with Crippen LogP contribution in [0.1, 0.15) is 17.5 Å². The van der Waals surface area contributed by atoms with Crippen LogP contribution in [0.25, 0.3) is 0 Å². The maximum atomic E-state index is 9.83. The molecule has 1 aliphatic heterocycles. The van der Waals surface area contributed by atoms with Gasteiger partial charge in [-0.1, -0.05) is 12.1 Å². The van der Waals surface area contributed by atoms with Gasteiger partial charge in [-0.05, 0) is 44.0 Å². The van der Waals surface area contributed by atoms with Gasteiger partial charge in [-0.25, -0.2) is 0 Å². The SMILES string of the molecule is Cc1cccc(N2CCN(CC(O)CCN)CC2)c1C. The normalized spacial score (nSPS) is 18.3. The predicted molar refractivity (Wildman–Crippen MR) is 84.2 cm³/mol. The molecule has 112 valence electrons. The zero-order valence-corrected chi connectivity index (χ0v) is 12.7. The lowest BCUT2D eigenvalue weighted by Gasteiger charge is -2.37. The number of aliphatic hydroxyl groups is 1. The molecule has 0 saturated carbocycles. The first-order valence-electron chi connectivity index (χ1n) is 7.53. The monoisotopic (exact) mass is 277 g/mol. The van der Waals surface area contributed by atoms with Crippen molar-refractivity contribution in [3.05, 3.63) is 29.3 Å². The zero-order valence-electron chi connectivity index (χ0n) is 12.7. The summed E-state index contributed by atoms with van der Waals surface area (Å²) in [4.78, 5) is 4.79. The molecular weight excluding hydrogens is 250 g/mol. The van der Waals surface area contributed by atoms with Crippen LogP contribution >= 0.6 is 0 Å². The van der Waals surface area contributed by atoms with Crippen LogP contribution in [0.3, 0.4) is 0 Å². The Balaban J connectivity index is 1.89. The van der Waals surface area contributed by atoms with Gasteiger partial charge in [0, 0.05) is 38.4 Å². The topological polar surface area (TPSA) is 52.7 Å². The van der Waals surface area contributed by atoms with Gasteiger partial charge < -0.3 is 15.7 Å². The van der Waals surface area contributed by atoms with Crippen LogP contribution in [0.2, 0.25) is 0 Å². The summed E-state index contributed by atoms with van der Waals surface area (Å²) in [7, 11) is 0. The summed E-state index contributed by atoms with van der Waals surface area (Å²) in [5, 5.41) is 9.83. The number of rotatable bonds is 5. The van der Waals surface area contributed by atoms with E-state index in [1.807, 2.05) is 0 Å². The van der Waals surface area contributed by atoms with E-state index in [-0.39, 0.29) is 6.10 Å². The van der Waals surface area contributed by atoms with E-state index in [0.29, 0.717) is 13.0 Å². The number of β-amino-alcohol motifs (C(OH)–C–C–N with tert-alkyl or cyclic N) is 1. The van der Waals surface area contributed by atoms with E-state index in [1.54, 1.807) is 0 Å². The molecule has 1 aliphatic rings. The van der Waals surface area contributed by atoms with Gasteiger partial charge in [0.05, 0.1) is 6.10 Å². The molecule has 0 amide bonds.